The van der Waals surface area contributed by atoms with Crippen molar-refractivity contribution in [2.45, 2.75) is 6.54 Å². The van der Waals surface area contributed by atoms with E-state index >= 15 is 0 Å². The highest BCUT2D eigenvalue weighted by Gasteiger charge is 2.05. The second-order valence-corrected chi connectivity index (χ2v) is 2.18. The number of hydrogen-bond donors (Lipinski definition) is 2. The smallest absolute Gasteiger partial charge is 0.149 e. The van der Waals surface area contributed by atoms with Crippen molar-refractivity contribution in [3.8, 4) is 0 Å². The van der Waals surface area contributed by atoms with Crippen LogP contribution >= 0.6 is 0 Å². The Morgan fingerprint density at radius 1 is 1.18 bits per heavy atom. The zero-order valence-electron chi connectivity index (χ0n) is 5.77. The van der Waals surface area contributed by atoms with E-state index in [1.165, 1.54) is 0 Å². The molecule has 0 radical (unpaired) electrons. The van der Waals surface area contributed by atoms with Gasteiger partial charge in [0.1, 0.15) is 17.3 Å². The van der Waals surface area contributed by atoms with Crippen molar-refractivity contribution >= 4 is 5.69 Å². The first-order valence-corrected chi connectivity index (χ1v) is 3.08. The van der Waals surface area contributed by atoms with Gasteiger partial charge in [0.05, 0.1) is 0 Å². The Morgan fingerprint density at radius 2 is 1.64 bits per heavy atom. The highest BCUT2D eigenvalue weighted by Crippen LogP contribution is 2.16. The molecule has 0 amide bonds. The molecule has 1 aromatic carbocycles. The molecule has 0 aliphatic heterocycles. The van der Waals surface area contributed by atoms with Crippen molar-refractivity contribution in [1.82, 2.24) is 0 Å². The largest absolute Gasteiger partial charge is 0.394 e. The highest BCUT2D eigenvalue weighted by atomic mass is 19.1. The fourth-order valence-electron chi connectivity index (χ4n) is 0.755. The predicted molar refractivity (Wildman–Crippen MR) is 38.7 cm³/mol. The summed E-state index contributed by atoms with van der Waals surface area (Å²) in [4.78, 5) is 0. The van der Waals surface area contributed by atoms with Gasteiger partial charge in [-0.1, -0.05) is 0 Å². The van der Waals surface area contributed by atoms with Gasteiger partial charge in [-0.2, -0.15) is 0 Å². The van der Waals surface area contributed by atoms with Crippen LogP contribution in [-0.4, -0.2) is 0 Å². The molecule has 0 unspecified atom stereocenters. The number of rotatable bonds is 1. The molecule has 0 fully saturated rings. The van der Waals surface area contributed by atoms with Crippen molar-refractivity contribution in [2.75, 3.05) is 5.73 Å². The summed E-state index contributed by atoms with van der Waals surface area (Å²) in [5.74, 6) is -1.52. The van der Waals surface area contributed by atoms with Crippen LogP contribution in [0.1, 0.15) is 5.56 Å². The average molecular weight is 158 g/mol. The van der Waals surface area contributed by atoms with E-state index in [1.54, 1.807) is 0 Å². The minimum atomic E-state index is -0.759. The lowest BCUT2D eigenvalue weighted by atomic mass is 10.2. The number of benzene rings is 1. The molecule has 0 aromatic heterocycles. The number of nitrogens with two attached hydrogens (primary N) is 2. The third-order valence-electron chi connectivity index (χ3n) is 1.37. The molecule has 11 heavy (non-hydrogen) atoms. The SMILES string of the molecule is NCc1cc(F)c(N)c(F)c1. The number of nitrogen functional groups attached to an aromatic ring is 1. The van der Waals surface area contributed by atoms with Gasteiger partial charge in [-0.3, -0.25) is 0 Å². The van der Waals surface area contributed by atoms with E-state index in [0.717, 1.165) is 12.1 Å². The van der Waals surface area contributed by atoms with Gasteiger partial charge < -0.3 is 11.5 Å². The zero-order valence-corrected chi connectivity index (χ0v) is 5.77. The van der Waals surface area contributed by atoms with Crippen molar-refractivity contribution < 1.29 is 8.78 Å². The molecule has 0 saturated heterocycles. The van der Waals surface area contributed by atoms with Crippen molar-refractivity contribution in [2.24, 2.45) is 5.73 Å². The lowest BCUT2D eigenvalue weighted by molar-refractivity contribution is 0.588. The summed E-state index contributed by atoms with van der Waals surface area (Å²) in [5.41, 5.74) is 10.1. The summed E-state index contributed by atoms with van der Waals surface area (Å²) in [6.07, 6.45) is 0. The molecule has 4 N–H and O–H groups in total. The van der Waals surface area contributed by atoms with E-state index in [1.807, 2.05) is 0 Å². The number of anilines is 1. The molecule has 2 nitrogen and oxygen atoms in total. The molecular formula is C7H8F2N2. The molecule has 4 heteroatoms. The topological polar surface area (TPSA) is 52.0 Å². The van der Waals surface area contributed by atoms with Gasteiger partial charge >= 0.3 is 0 Å². The fourth-order valence-corrected chi connectivity index (χ4v) is 0.755. The summed E-state index contributed by atoms with van der Waals surface area (Å²) < 4.78 is 25.2. The normalized spacial score (nSPS) is 10.1. The Morgan fingerprint density at radius 3 is 2.00 bits per heavy atom. The minimum absolute atomic E-state index is 0.105. The average Bonchev–Trinajstić information content (AvgIpc) is 1.99. The lowest BCUT2D eigenvalue weighted by Gasteiger charge is -2.01. The Balaban J connectivity index is 3.21. The van der Waals surface area contributed by atoms with Crippen LogP contribution in [0.4, 0.5) is 14.5 Å². The molecular weight excluding hydrogens is 150 g/mol. The first kappa shape index (κ1) is 7.94. The molecule has 0 saturated carbocycles. The van der Waals surface area contributed by atoms with Crippen LogP contribution in [0, 0.1) is 11.6 Å². The van der Waals surface area contributed by atoms with E-state index in [9.17, 15) is 8.78 Å². The van der Waals surface area contributed by atoms with Crippen molar-refractivity contribution in [3.05, 3.63) is 29.3 Å². The molecule has 1 aromatic rings. The van der Waals surface area contributed by atoms with Crippen molar-refractivity contribution in [1.29, 1.82) is 0 Å². The maximum absolute atomic E-state index is 12.6. The molecule has 0 aliphatic carbocycles. The van der Waals surface area contributed by atoms with Crippen LogP contribution in [0.25, 0.3) is 0 Å². The summed E-state index contributed by atoms with van der Waals surface area (Å²) in [5, 5.41) is 0. The Bertz CT molecular complexity index is 250. The molecule has 0 atom stereocenters. The quantitative estimate of drug-likeness (QED) is 0.599. The van der Waals surface area contributed by atoms with E-state index < -0.39 is 17.3 Å². The second-order valence-electron chi connectivity index (χ2n) is 2.18. The highest BCUT2D eigenvalue weighted by molar-refractivity contribution is 5.43. The number of halogens is 2. The van der Waals surface area contributed by atoms with E-state index in [-0.39, 0.29) is 6.54 Å². The van der Waals surface area contributed by atoms with Gasteiger partial charge in [-0.15, -0.1) is 0 Å². The van der Waals surface area contributed by atoms with E-state index in [2.05, 4.69) is 0 Å². The van der Waals surface area contributed by atoms with Gasteiger partial charge in [0.25, 0.3) is 0 Å². The van der Waals surface area contributed by atoms with Gasteiger partial charge in [-0.05, 0) is 17.7 Å². The maximum atomic E-state index is 12.6. The molecule has 60 valence electrons. The minimum Gasteiger partial charge on any atom is -0.394 e. The van der Waals surface area contributed by atoms with Gasteiger partial charge in [0.2, 0.25) is 0 Å². The van der Waals surface area contributed by atoms with E-state index in [4.69, 9.17) is 11.5 Å². The van der Waals surface area contributed by atoms with Crippen LogP contribution in [0.5, 0.6) is 0 Å². The molecule has 1 rings (SSSR count). The zero-order chi connectivity index (χ0) is 8.43. The summed E-state index contributed by atoms with van der Waals surface area (Å²) in [6, 6.07) is 2.25. The Labute approximate surface area is 62.8 Å². The predicted octanol–water partition coefficient (Wildman–Crippen LogP) is 1.01. The maximum Gasteiger partial charge on any atom is 0.149 e. The third kappa shape index (κ3) is 1.46. The lowest BCUT2D eigenvalue weighted by Crippen LogP contribution is -2.01. The second kappa shape index (κ2) is 2.84. The van der Waals surface area contributed by atoms with Gasteiger partial charge in [0.15, 0.2) is 0 Å². The van der Waals surface area contributed by atoms with Crippen molar-refractivity contribution in [3.63, 3.8) is 0 Å². The Kier molecular flexibility index (Phi) is 2.05. The van der Waals surface area contributed by atoms with E-state index in [0.29, 0.717) is 5.56 Å². The fraction of sp³-hybridized carbons (Fsp3) is 0.143. The standard InChI is InChI=1S/C7H8F2N2/c8-5-1-4(3-10)2-6(9)7(5)11/h1-2H,3,10-11H2. The third-order valence-corrected chi connectivity index (χ3v) is 1.37. The van der Waals surface area contributed by atoms with Crippen LogP contribution < -0.4 is 11.5 Å². The van der Waals surface area contributed by atoms with Gasteiger partial charge in [-0.25, -0.2) is 8.78 Å². The molecule has 0 spiro atoms. The van der Waals surface area contributed by atoms with Crippen LogP contribution in [0.3, 0.4) is 0 Å². The monoisotopic (exact) mass is 158 g/mol. The van der Waals surface area contributed by atoms with Gasteiger partial charge in [0, 0.05) is 6.54 Å². The van der Waals surface area contributed by atoms with Crippen LogP contribution in [0.15, 0.2) is 12.1 Å². The summed E-state index contributed by atoms with van der Waals surface area (Å²) >= 11 is 0. The first-order chi connectivity index (χ1) is 5.15. The molecule has 0 aliphatic rings. The number of hydrogen-bond acceptors (Lipinski definition) is 2. The first-order valence-electron chi connectivity index (χ1n) is 3.08. The van der Waals surface area contributed by atoms with Crippen LogP contribution in [-0.2, 0) is 6.54 Å². The Hall–Kier alpha value is -1.16. The van der Waals surface area contributed by atoms with Crippen LogP contribution in [0.2, 0.25) is 0 Å². The molecule has 0 heterocycles. The molecule has 0 bridgehead atoms. The summed E-state index contributed by atoms with van der Waals surface area (Å²) in [7, 11) is 0. The summed E-state index contributed by atoms with van der Waals surface area (Å²) in [6.45, 7) is 0.105.